The number of hydrogen-bond donors (Lipinski definition) is 1. The van der Waals surface area contributed by atoms with Crippen molar-refractivity contribution < 1.29 is 13.9 Å². The predicted molar refractivity (Wildman–Crippen MR) is 77.5 cm³/mol. The average Bonchev–Trinajstić information content (AvgIpc) is 2.69. The van der Waals surface area contributed by atoms with Gasteiger partial charge in [0.2, 0.25) is 0 Å². The molecule has 2 rings (SSSR count). The van der Waals surface area contributed by atoms with E-state index in [1.807, 2.05) is 0 Å². The SMILES string of the molecule is CCC(=O)Oc1c(C)nn(Cc2ccc(N)cc2F)c1C. The van der Waals surface area contributed by atoms with Gasteiger partial charge in [-0.2, -0.15) is 5.10 Å². The first-order valence-corrected chi connectivity index (χ1v) is 6.71. The highest BCUT2D eigenvalue weighted by molar-refractivity contribution is 5.72. The Bertz CT molecular complexity index is 680. The third kappa shape index (κ3) is 3.21. The summed E-state index contributed by atoms with van der Waals surface area (Å²) in [5, 5.41) is 4.30. The second kappa shape index (κ2) is 5.95. The van der Waals surface area contributed by atoms with Crippen LogP contribution in [0.1, 0.15) is 30.3 Å². The van der Waals surface area contributed by atoms with E-state index in [4.69, 9.17) is 10.5 Å². The fourth-order valence-corrected chi connectivity index (χ4v) is 2.02. The molecule has 0 aliphatic rings. The summed E-state index contributed by atoms with van der Waals surface area (Å²) < 4.78 is 20.7. The van der Waals surface area contributed by atoms with Crippen molar-refractivity contribution in [3.63, 3.8) is 0 Å². The molecule has 2 aromatic rings. The number of ether oxygens (including phenoxy) is 1. The van der Waals surface area contributed by atoms with Crippen LogP contribution in [0.4, 0.5) is 10.1 Å². The van der Waals surface area contributed by atoms with Crippen LogP contribution >= 0.6 is 0 Å². The Labute approximate surface area is 122 Å². The lowest BCUT2D eigenvalue weighted by Gasteiger charge is -2.07. The zero-order valence-corrected chi connectivity index (χ0v) is 12.3. The number of hydrogen-bond acceptors (Lipinski definition) is 4. The number of anilines is 1. The molecular weight excluding hydrogens is 273 g/mol. The van der Waals surface area contributed by atoms with E-state index in [1.165, 1.54) is 6.07 Å². The monoisotopic (exact) mass is 291 g/mol. The second-order valence-electron chi connectivity index (χ2n) is 4.84. The van der Waals surface area contributed by atoms with E-state index in [0.717, 1.165) is 0 Å². The molecular formula is C15H18FN3O2. The van der Waals surface area contributed by atoms with Gasteiger partial charge < -0.3 is 10.5 Å². The summed E-state index contributed by atoms with van der Waals surface area (Å²) >= 11 is 0. The fraction of sp³-hybridized carbons (Fsp3) is 0.333. The van der Waals surface area contributed by atoms with Gasteiger partial charge in [-0.3, -0.25) is 9.48 Å². The summed E-state index contributed by atoms with van der Waals surface area (Å²) in [6, 6.07) is 4.54. The van der Waals surface area contributed by atoms with Gasteiger partial charge in [-0.05, 0) is 26.0 Å². The van der Waals surface area contributed by atoms with Crippen molar-refractivity contribution in [3.8, 4) is 5.75 Å². The van der Waals surface area contributed by atoms with E-state index >= 15 is 0 Å². The average molecular weight is 291 g/mol. The predicted octanol–water partition coefficient (Wildman–Crippen LogP) is 2.58. The molecule has 21 heavy (non-hydrogen) atoms. The summed E-state index contributed by atoms with van der Waals surface area (Å²) in [6.45, 7) is 5.51. The highest BCUT2D eigenvalue weighted by Crippen LogP contribution is 2.24. The van der Waals surface area contributed by atoms with Gasteiger partial charge in [0, 0.05) is 17.7 Å². The van der Waals surface area contributed by atoms with E-state index in [-0.39, 0.29) is 24.8 Å². The van der Waals surface area contributed by atoms with Crippen LogP contribution in [0.2, 0.25) is 0 Å². The fourth-order valence-electron chi connectivity index (χ4n) is 2.02. The molecule has 0 amide bonds. The minimum atomic E-state index is -0.380. The van der Waals surface area contributed by atoms with Crippen LogP contribution < -0.4 is 10.5 Å². The standard InChI is InChI=1S/C15H18FN3O2/c1-4-14(20)21-15-9(2)18-19(10(15)3)8-11-5-6-12(17)7-13(11)16/h5-7H,4,8,17H2,1-3H3. The van der Waals surface area contributed by atoms with Crippen LogP contribution in [0, 0.1) is 19.7 Å². The van der Waals surface area contributed by atoms with Crippen LogP contribution in [-0.4, -0.2) is 15.7 Å². The Kier molecular flexibility index (Phi) is 4.26. The van der Waals surface area contributed by atoms with E-state index in [1.54, 1.807) is 37.6 Å². The number of esters is 1. The van der Waals surface area contributed by atoms with Crippen LogP contribution in [0.3, 0.4) is 0 Å². The Morgan fingerprint density at radius 3 is 2.76 bits per heavy atom. The second-order valence-corrected chi connectivity index (χ2v) is 4.84. The number of carbonyl (C=O) groups excluding carboxylic acids is 1. The van der Waals surface area contributed by atoms with Crippen LogP contribution in [0.5, 0.6) is 5.75 Å². The van der Waals surface area contributed by atoms with Crippen molar-refractivity contribution >= 4 is 11.7 Å². The molecule has 0 aliphatic carbocycles. The lowest BCUT2D eigenvalue weighted by molar-refractivity contribution is -0.134. The number of nitrogens with two attached hydrogens (primary N) is 1. The first-order chi connectivity index (χ1) is 9.92. The first-order valence-electron chi connectivity index (χ1n) is 6.71. The molecule has 0 bridgehead atoms. The molecule has 1 heterocycles. The summed E-state index contributed by atoms with van der Waals surface area (Å²) in [5.74, 6) is -0.258. The maximum Gasteiger partial charge on any atom is 0.311 e. The zero-order chi connectivity index (χ0) is 15.6. The van der Waals surface area contributed by atoms with Crippen molar-refractivity contribution in [2.45, 2.75) is 33.7 Å². The van der Waals surface area contributed by atoms with E-state index < -0.39 is 0 Å². The highest BCUT2D eigenvalue weighted by atomic mass is 19.1. The lowest BCUT2D eigenvalue weighted by atomic mass is 10.2. The number of aromatic nitrogens is 2. The number of halogens is 1. The molecule has 0 saturated carbocycles. The van der Waals surface area contributed by atoms with Crippen molar-refractivity contribution in [3.05, 3.63) is 41.0 Å². The van der Waals surface area contributed by atoms with Crippen LogP contribution in [0.15, 0.2) is 18.2 Å². The molecule has 0 spiro atoms. The van der Waals surface area contributed by atoms with Gasteiger partial charge in [0.25, 0.3) is 0 Å². The number of carbonyl (C=O) groups is 1. The molecule has 6 heteroatoms. The van der Waals surface area contributed by atoms with Crippen LogP contribution in [0.25, 0.3) is 0 Å². The molecule has 0 radical (unpaired) electrons. The molecule has 5 nitrogen and oxygen atoms in total. The van der Waals surface area contributed by atoms with Crippen molar-refractivity contribution in [1.82, 2.24) is 9.78 Å². The molecule has 0 saturated heterocycles. The van der Waals surface area contributed by atoms with Crippen molar-refractivity contribution in [2.24, 2.45) is 0 Å². The van der Waals surface area contributed by atoms with Gasteiger partial charge in [-0.1, -0.05) is 13.0 Å². The molecule has 0 unspecified atom stereocenters. The van der Waals surface area contributed by atoms with E-state index in [9.17, 15) is 9.18 Å². The maximum atomic E-state index is 13.8. The zero-order valence-electron chi connectivity index (χ0n) is 12.3. The van der Waals surface area contributed by atoms with Gasteiger partial charge in [-0.25, -0.2) is 4.39 Å². The number of nitrogens with zero attached hydrogens (tertiary/aromatic N) is 2. The minimum absolute atomic E-state index is 0.252. The first kappa shape index (κ1) is 15.0. The van der Waals surface area contributed by atoms with E-state index in [0.29, 0.717) is 28.4 Å². The van der Waals surface area contributed by atoms with Gasteiger partial charge in [0.05, 0.1) is 12.2 Å². The topological polar surface area (TPSA) is 70.1 Å². The van der Waals surface area contributed by atoms with E-state index in [2.05, 4.69) is 5.10 Å². The van der Waals surface area contributed by atoms with Gasteiger partial charge in [0.15, 0.2) is 5.75 Å². The van der Waals surface area contributed by atoms with Crippen LogP contribution in [-0.2, 0) is 11.3 Å². The third-order valence-electron chi connectivity index (χ3n) is 3.22. The smallest absolute Gasteiger partial charge is 0.311 e. The minimum Gasteiger partial charge on any atom is -0.423 e. The molecule has 0 aliphatic heterocycles. The Balaban J connectivity index is 2.29. The third-order valence-corrected chi connectivity index (χ3v) is 3.22. The number of benzene rings is 1. The summed E-state index contributed by atoms with van der Waals surface area (Å²) in [6.07, 6.45) is 0.288. The summed E-state index contributed by atoms with van der Waals surface area (Å²) in [5.41, 5.74) is 7.67. The molecule has 0 fully saturated rings. The molecule has 1 aromatic heterocycles. The molecule has 2 N–H and O–H groups in total. The van der Waals surface area contributed by atoms with Crippen molar-refractivity contribution in [2.75, 3.05) is 5.73 Å². The number of nitrogen functional groups attached to an aromatic ring is 1. The van der Waals surface area contributed by atoms with Gasteiger partial charge in [0.1, 0.15) is 11.5 Å². The maximum absolute atomic E-state index is 13.8. The molecule has 112 valence electrons. The lowest BCUT2D eigenvalue weighted by Crippen LogP contribution is -2.08. The summed E-state index contributed by atoms with van der Waals surface area (Å²) in [4.78, 5) is 11.4. The normalized spacial score (nSPS) is 10.7. The summed E-state index contributed by atoms with van der Waals surface area (Å²) in [7, 11) is 0. The van der Waals surface area contributed by atoms with Gasteiger partial charge >= 0.3 is 5.97 Å². The Morgan fingerprint density at radius 1 is 1.43 bits per heavy atom. The molecule has 0 atom stereocenters. The quantitative estimate of drug-likeness (QED) is 0.694. The molecule has 1 aromatic carbocycles. The van der Waals surface area contributed by atoms with Crippen molar-refractivity contribution in [1.29, 1.82) is 0 Å². The van der Waals surface area contributed by atoms with Gasteiger partial charge in [-0.15, -0.1) is 0 Å². The largest absolute Gasteiger partial charge is 0.423 e. The Morgan fingerprint density at radius 2 is 2.14 bits per heavy atom. The number of aryl methyl sites for hydroxylation is 1. The Hall–Kier alpha value is -2.37. The highest BCUT2D eigenvalue weighted by Gasteiger charge is 2.16. The number of rotatable bonds is 4.